The average molecular weight is 278 g/mol. The highest BCUT2D eigenvalue weighted by Gasteiger charge is 2.02. The van der Waals surface area contributed by atoms with E-state index in [-0.39, 0.29) is 6.47 Å². The van der Waals surface area contributed by atoms with Crippen LogP contribution in [-0.2, 0) is 14.6 Å². The molecule has 6 heteroatoms. The summed E-state index contributed by atoms with van der Waals surface area (Å²) >= 11 is 0. The Hall–Kier alpha value is -2.70. The molecule has 0 fully saturated rings. The molecule has 0 atom stereocenters. The molecule has 2 aromatic rings. The SMILES string of the molecule is O=C(OO)c1ccccc1.O=COO.c1ccccc1. The van der Waals surface area contributed by atoms with E-state index in [0.29, 0.717) is 5.56 Å². The van der Waals surface area contributed by atoms with Gasteiger partial charge in [0.1, 0.15) is 0 Å². The first-order chi connectivity index (χ1) is 9.76. The standard InChI is InChI=1S/C7H6O3.C6H6.CH2O3/c8-7(10-9)6-4-2-1-3-5-6;1-2-4-6-5-3-1;2-1-4-3/h1-5,9H;1-6H;1,3H. The van der Waals surface area contributed by atoms with Gasteiger partial charge in [0.25, 0.3) is 0 Å². The van der Waals surface area contributed by atoms with Crippen molar-refractivity contribution >= 4 is 12.4 Å². The van der Waals surface area contributed by atoms with Crippen molar-refractivity contribution in [1.82, 2.24) is 0 Å². The van der Waals surface area contributed by atoms with Crippen LogP contribution in [0.5, 0.6) is 0 Å². The van der Waals surface area contributed by atoms with Gasteiger partial charge in [-0.3, -0.25) is 9.68 Å². The van der Waals surface area contributed by atoms with Crippen LogP contribution < -0.4 is 0 Å². The van der Waals surface area contributed by atoms with Crippen molar-refractivity contribution in [2.45, 2.75) is 0 Å². The van der Waals surface area contributed by atoms with Gasteiger partial charge in [-0.05, 0) is 12.1 Å². The Kier molecular flexibility index (Phi) is 11.0. The summed E-state index contributed by atoms with van der Waals surface area (Å²) in [7, 11) is 0. The zero-order chi connectivity index (χ0) is 15.1. The molecule has 0 aromatic heterocycles. The molecule has 20 heavy (non-hydrogen) atoms. The Morgan fingerprint density at radius 3 is 1.50 bits per heavy atom. The van der Waals surface area contributed by atoms with E-state index >= 15 is 0 Å². The summed E-state index contributed by atoms with van der Waals surface area (Å²) in [6.45, 7) is -0.0694. The summed E-state index contributed by atoms with van der Waals surface area (Å²) < 4.78 is 0. The van der Waals surface area contributed by atoms with Gasteiger partial charge in [-0.2, -0.15) is 5.26 Å². The molecule has 0 saturated carbocycles. The van der Waals surface area contributed by atoms with Crippen LogP contribution in [0.4, 0.5) is 0 Å². The first kappa shape index (κ1) is 17.3. The number of benzene rings is 2. The normalized spacial score (nSPS) is 7.90. The van der Waals surface area contributed by atoms with Gasteiger partial charge in [0.05, 0.1) is 5.56 Å². The fourth-order valence-corrected chi connectivity index (χ4v) is 1.01. The van der Waals surface area contributed by atoms with Crippen molar-refractivity contribution in [3.05, 3.63) is 72.3 Å². The minimum Gasteiger partial charge on any atom is -0.304 e. The maximum absolute atomic E-state index is 10.5. The molecule has 0 amide bonds. The maximum Gasteiger partial charge on any atom is 0.372 e. The van der Waals surface area contributed by atoms with Crippen LogP contribution in [-0.4, -0.2) is 23.0 Å². The zero-order valence-corrected chi connectivity index (χ0v) is 10.5. The molecule has 0 radical (unpaired) electrons. The van der Waals surface area contributed by atoms with E-state index < -0.39 is 5.97 Å². The van der Waals surface area contributed by atoms with E-state index in [1.165, 1.54) is 0 Å². The molecular formula is C14H14O6. The number of carbonyl (C=O) groups excluding carboxylic acids is 2. The molecule has 2 rings (SSSR count). The number of hydrogen-bond acceptors (Lipinski definition) is 6. The van der Waals surface area contributed by atoms with E-state index in [0.717, 1.165) is 0 Å². The minimum absolute atomic E-state index is 0.0694. The van der Waals surface area contributed by atoms with E-state index in [2.05, 4.69) is 9.78 Å². The third kappa shape index (κ3) is 9.34. The summed E-state index contributed by atoms with van der Waals surface area (Å²) in [5.74, 6) is -0.736. The second-order valence-corrected chi connectivity index (χ2v) is 3.10. The molecule has 0 aliphatic rings. The monoisotopic (exact) mass is 278 g/mol. The minimum atomic E-state index is -0.736. The Morgan fingerprint density at radius 2 is 1.20 bits per heavy atom. The molecule has 6 nitrogen and oxygen atoms in total. The quantitative estimate of drug-likeness (QED) is 0.498. The molecule has 106 valence electrons. The number of rotatable bonds is 2. The predicted molar refractivity (Wildman–Crippen MR) is 70.7 cm³/mol. The fourth-order valence-electron chi connectivity index (χ4n) is 1.01. The Balaban J connectivity index is 0.000000307. The summed E-state index contributed by atoms with van der Waals surface area (Å²) in [5.41, 5.74) is 0.338. The van der Waals surface area contributed by atoms with Crippen LogP contribution in [0.15, 0.2) is 66.7 Å². The number of hydrogen-bond donors (Lipinski definition) is 2. The zero-order valence-electron chi connectivity index (χ0n) is 10.5. The van der Waals surface area contributed by atoms with Crippen LogP contribution in [0.1, 0.15) is 10.4 Å². The van der Waals surface area contributed by atoms with Gasteiger partial charge in [-0.25, -0.2) is 10.1 Å². The van der Waals surface area contributed by atoms with Gasteiger partial charge in [0.15, 0.2) is 0 Å². The summed E-state index contributed by atoms with van der Waals surface area (Å²) in [6, 6.07) is 20.3. The summed E-state index contributed by atoms with van der Waals surface area (Å²) in [6.07, 6.45) is 0. The van der Waals surface area contributed by atoms with Gasteiger partial charge in [-0.15, -0.1) is 0 Å². The lowest BCUT2D eigenvalue weighted by atomic mass is 10.2. The second-order valence-electron chi connectivity index (χ2n) is 3.10. The van der Waals surface area contributed by atoms with Crippen LogP contribution in [0, 0.1) is 0 Å². The molecule has 0 aliphatic carbocycles. The third-order valence-electron chi connectivity index (χ3n) is 1.80. The van der Waals surface area contributed by atoms with Gasteiger partial charge in [-0.1, -0.05) is 54.6 Å². The first-order valence-electron chi connectivity index (χ1n) is 5.41. The van der Waals surface area contributed by atoms with E-state index in [4.69, 9.17) is 15.3 Å². The van der Waals surface area contributed by atoms with Crippen molar-refractivity contribution in [2.75, 3.05) is 0 Å². The van der Waals surface area contributed by atoms with Gasteiger partial charge in [0, 0.05) is 0 Å². The molecule has 2 aromatic carbocycles. The largest absolute Gasteiger partial charge is 0.372 e. The van der Waals surface area contributed by atoms with E-state index in [1.807, 2.05) is 36.4 Å². The van der Waals surface area contributed by atoms with Crippen molar-refractivity contribution in [3.63, 3.8) is 0 Å². The van der Waals surface area contributed by atoms with Crippen molar-refractivity contribution in [3.8, 4) is 0 Å². The van der Waals surface area contributed by atoms with Crippen molar-refractivity contribution in [1.29, 1.82) is 0 Å². The Morgan fingerprint density at radius 1 is 0.850 bits per heavy atom. The molecule has 0 heterocycles. The van der Waals surface area contributed by atoms with E-state index in [9.17, 15) is 4.79 Å². The smallest absolute Gasteiger partial charge is 0.304 e. The molecule has 0 unspecified atom stereocenters. The highest BCUT2D eigenvalue weighted by molar-refractivity contribution is 5.88. The molecule has 2 N–H and O–H groups in total. The molecule has 0 spiro atoms. The third-order valence-corrected chi connectivity index (χ3v) is 1.80. The number of carbonyl (C=O) groups is 2. The lowest BCUT2D eigenvalue weighted by molar-refractivity contribution is -0.217. The predicted octanol–water partition coefficient (Wildman–Crippen LogP) is 2.64. The maximum atomic E-state index is 10.5. The average Bonchev–Trinajstić information content (AvgIpc) is 2.57. The van der Waals surface area contributed by atoms with Gasteiger partial charge >= 0.3 is 12.4 Å². The molecule has 0 bridgehead atoms. The highest BCUT2D eigenvalue weighted by Crippen LogP contribution is 1.98. The Labute approximate surface area is 115 Å². The van der Waals surface area contributed by atoms with Gasteiger partial charge < -0.3 is 4.89 Å². The lowest BCUT2D eigenvalue weighted by Gasteiger charge is -1.92. The molecule has 0 aliphatic heterocycles. The van der Waals surface area contributed by atoms with Crippen molar-refractivity contribution < 1.29 is 29.9 Å². The topological polar surface area (TPSA) is 93.1 Å². The highest BCUT2D eigenvalue weighted by atomic mass is 17.1. The lowest BCUT2D eigenvalue weighted by Crippen LogP contribution is -2.00. The molecule has 0 saturated heterocycles. The molecular weight excluding hydrogens is 264 g/mol. The Bertz CT molecular complexity index is 431. The summed E-state index contributed by atoms with van der Waals surface area (Å²) in [5, 5.41) is 14.9. The second kappa shape index (κ2) is 12.7. The van der Waals surface area contributed by atoms with Crippen LogP contribution >= 0.6 is 0 Å². The van der Waals surface area contributed by atoms with Crippen LogP contribution in [0.3, 0.4) is 0 Å². The first-order valence-corrected chi connectivity index (χ1v) is 5.41. The van der Waals surface area contributed by atoms with Crippen molar-refractivity contribution in [2.24, 2.45) is 0 Å². The van der Waals surface area contributed by atoms with Crippen LogP contribution in [0.2, 0.25) is 0 Å². The summed E-state index contributed by atoms with van der Waals surface area (Å²) in [4.78, 5) is 25.6. The fraction of sp³-hybridized carbons (Fsp3) is 0. The van der Waals surface area contributed by atoms with E-state index in [1.54, 1.807) is 30.3 Å². The van der Waals surface area contributed by atoms with Crippen LogP contribution in [0.25, 0.3) is 0 Å². The van der Waals surface area contributed by atoms with Gasteiger partial charge in [0.2, 0.25) is 0 Å².